The molecule has 180 valence electrons. The number of ether oxygens (including phenoxy) is 3. The quantitative estimate of drug-likeness (QED) is 0.309. The molecule has 0 aliphatic carbocycles. The van der Waals surface area contributed by atoms with Crippen LogP contribution in [0.4, 0.5) is 5.69 Å². The summed E-state index contributed by atoms with van der Waals surface area (Å²) in [7, 11) is 0. The topological polar surface area (TPSA) is 146 Å². The maximum absolute atomic E-state index is 12.5. The third-order valence-corrected chi connectivity index (χ3v) is 5.20. The fraction of sp³-hybridized carbons (Fsp3) is 0.318. The summed E-state index contributed by atoms with van der Waals surface area (Å²) in [6, 6.07) is 7.70. The number of fused-ring (bicyclic) bond motifs is 1. The Hall–Kier alpha value is -3.86. The average molecular weight is 492 g/mol. The number of carbonyl (C=O) groups is 3. The number of rotatable bonds is 9. The predicted octanol–water partition coefficient (Wildman–Crippen LogP) is 2.59. The lowest BCUT2D eigenvalue weighted by Gasteiger charge is -2.20. The molecule has 11 nitrogen and oxygen atoms in total. The summed E-state index contributed by atoms with van der Waals surface area (Å²) in [6.07, 6.45) is 0. The summed E-state index contributed by atoms with van der Waals surface area (Å²) in [5.41, 5.74) is 0.293. The van der Waals surface area contributed by atoms with Crippen molar-refractivity contribution in [3.63, 3.8) is 0 Å². The Bertz CT molecular complexity index is 1120. The first kappa shape index (κ1) is 24.8. The highest BCUT2D eigenvalue weighted by Gasteiger charge is 2.27. The number of amides is 2. The highest BCUT2D eigenvalue weighted by Crippen LogP contribution is 2.32. The molecule has 0 aromatic heterocycles. The van der Waals surface area contributed by atoms with Gasteiger partial charge in [-0.15, -0.1) is 0 Å². The Kier molecular flexibility index (Phi) is 7.90. The molecule has 0 radical (unpaired) electrons. The van der Waals surface area contributed by atoms with Crippen molar-refractivity contribution in [1.82, 2.24) is 10.6 Å². The third kappa shape index (κ3) is 6.13. The predicted molar refractivity (Wildman–Crippen MR) is 120 cm³/mol. The zero-order chi connectivity index (χ0) is 24.8. The van der Waals surface area contributed by atoms with Crippen LogP contribution >= 0.6 is 11.6 Å². The Balaban J connectivity index is 1.53. The van der Waals surface area contributed by atoms with Crippen LogP contribution in [0, 0.1) is 16.0 Å². The van der Waals surface area contributed by atoms with E-state index >= 15 is 0 Å². The molecule has 1 heterocycles. The summed E-state index contributed by atoms with van der Waals surface area (Å²) >= 11 is 5.77. The molecular weight excluding hydrogens is 470 g/mol. The Morgan fingerprint density at radius 1 is 1.15 bits per heavy atom. The normalized spacial score (nSPS) is 12.7. The van der Waals surface area contributed by atoms with Crippen LogP contribution < -0.4 is 20.1 Å². The van der Waals surface area contributed by atoms with Crippen molar-refractivity contribution in [2.45, 2.75) is 26.4 Å². The van der Waals surface area contributed by atoms with Crippen molar-refractivity contribution in [2.24, 2.45) is 5.92 Å². The van der Waals surface area contributed by atoms with E-state index in [1.54, 1.807) is 32.0 Å². The molecule has 1 aliphatic rings. The lowest BCUT2D eigenvalue weighted by molar-refractivity contribution is -0.384. The molecule has 0 saturated heterocycles. The highest BCUT2D eigenvalue weighted by molar-refractivity contribution is 6.32. The van der Waals surface area contributed by atoms with E-state index in [0.717, 1.165) is 11.6 Å². The van der Waals surface area contributed by atoms with Crippen LogP contribution in [-0.2, 0) is 20.9 Å². The van der Waals surface area contributed by atoms with E-state index in [4.69, 9.17) is 25.8 Å². The van der Waals surface area contributed by atoms with E-state index in [2.05, 4.69) is 10.6 Å². The highest BCUT2D eigenvalue weighted by atomic mass is 35.5. The van der Waals surface area contributed by atoms with Crippen LogP contribution in [0.5, 0.6) is 11.5 Å². The van der Waals surface area contributed by atoms with Crippen molar-refractivity contribution < 1.29 is 33.5 Å². The van der Waals surface area contributed by atoms with Crippen molar-refractivity contribution in [2.75, 3.05) is 13.4 Å². The molecule has 0 spiro atoms. The van der Waals surface area contributed by atoms with Crippen molar-refractivity contribution in [3.8, 4) is 11.5 Å². The number of nitro benzene ring substituents is 1. The molecular formula is C22H22ClN3O8. The fourth-order valence-corrected chi connectivity index (χ4v) is 3.23. The number of hydrogen-bond donors (Lipinski definition) is 2. The molecule has 2 aromatic carbocycles. The van der Waals surface area contributed by atoms with Gasteiger partial charge in [-0.1, -0.05) is 31.5 Å². The molecule has 2 amide bonds. The van der Waals surface area contributed by atoms with Gasteiger partial charge in [0.1, 0.15) is 11.1 Å². The largest absolute Gasteiger partial charge is 0.454 e. The minimum atomic E-state index is -1.08. The third-order valence-electron chi connectivity index (χ3n) is 4.88. The van der Waals surface area contributed by atoms with E-state index < -0.39 is 41.0 Å². The van der Waals surface area contributed by atoms with Gasteiger partial charge in [0.15, 0.2) is 18.1 Å². The van der Waals surface area contributed by atoms with Crippen LogP contribution in [0.25, 0.3) is 0 Å². The molecule has 0 bridgehead atoms. The minimum Gasteiger partial charge on any atom is -0.454 e. The summed E-state index contributed by atoms with van der Waals surface area (Å²) in [4.78, 5) is 47.5. The second kappa shape index (κ2) is 10.8. The van der Waals surface area contributed by atoms with Gasteiger partial charge in [-0.05, 0) is 35.7 Å². The van der Waals surface area contributed by atoms with Crippen LogP contribution in [0.1, 0.15) is 29.8 Å². The van der Waals surface area contributed by atoms with Crippen molar-refractivity contribution >= 4 is 35.1 Å². The summed E-state index contributed by atoms with van der Waals surface area (Å²) < 4.78 is 15.6. The summed E-state index contributed by atoms with van der Waals surface area (Å²) in [6.45, 7) is 3.14. The van der Waals surface area contributed by atoms with Gasteiger partial charge >= 0.3 is 5.97 Å². The van der Waals surface area contributed by atoms with Gasteiger partial charge in [-0.2, -0.15) is 0 Å². The van der Waals surface area contributed by atoms with E-state index in [1.165, 1.54) is 12.1 Å². The zero-order valence-corrected chi connectivity index (χ0v) is 19.1. The Morgan fingerprint density at radius 3 is 2.59 bits per heavy atom. The van der Waals surface area contributed by atoms with Crippen LogP contribution in [0.3, 0.4) is 0 Å². The fourth-order valence-electron chi connectivity index (χ4n) is 3.05. The van der Waals surface area contributed by atoms with Gasteiger partial charge < -0.3 is 24.8 Å². The molecule has 1 aliphatic heterocycles. The summed E-state index contributed by atoms with van der Waals surface area (Å²) in [5, 5.41) is 16.0. The van der Waals surface area contributed by atoms with Gasteiger partial charge in [0, 0.05) is 18.2 Å². The molecule has 34 heavy (non-hydrogen) atoms. The molecule has 2 aromatic rings. The SMILES string of the molecule is CC(C)[C@H](NC(=O)c1ccc(Cl)c([N+](=O)[O-])c1)C(=O)OCC(=O)NCc1ccc2c(c1)OCO2. The van der Waals surface area contributed by atoms with Crippen LogP contribution in [0.15, 0.2) is 36.4 Å². The van der Waals surface area contributed by atoms with Gasteiger partial charge in [-0.25, -0.2) is 4.79 Å². The number of hydrogen-bond acceptors (Lipinski definition) is 8. The maximum atomic E-state index is 12.5. The van der Waals surface area contributed by atoms with E-state index in [0.29, 0.717) is 11.5 Å². The molecule has 3 rings (SSSR count). The smallest absolute Gasteiger partial charge is 0.329 e. The van der Waals surface area contributed by atoms with Gasteiger partial charge in [0.2, 0.25) is 6.79 Å². The van der Waals surface area contributed by atoms with E-state index in [1.807, 2.05) is 0 Å². The second-order valence-electron chi connectivity index (χ2n) is 7.69. The van der Waals surface area contributed by atoms with Crippen LogP contribution in [-0.4, -0.2) is 42.1 Å². The molecule has 0 saturated carbocycles. The number of benzene rings is 2. The van der Waals surface area contributed by atoms with Gasteiger partial charge in [0.25, 0.3) is 17.5 Å². The first-order valence-corrected chi connectivity index (χ1v) is 10.6. The van der Waals surface area contributed by atoms with Crippen LogP contribution in [0.2, 0.25) is 5.02 Å². The molecule has 12 heteroatoms. The number of nitro groups is 1. The average Bonchev–Trinajstić information content (AvgIpc) is 3.27. The van der Waals surface area contributed by atoms with E-state index in [-0.39, 0.29) is 29.8 Å². The molecule has 0 unspecified atom stereocenters. The van der Waals surface area contributed by atoms with Crippen molar-refractivity contribution in [1.29, 1.82) is 0 Å². The van der Waals surface area contributed by atoms with Gasteiger partial charge in [0.05, 0.1) is 4.92 Å². The monoisotopic (exact) mass is 491 g/mol. The number of carbonyl (C=O) groups excluding carboxylic acids is 3. The summed E-state index contributed by atoms with van der Waals surface area (Å²) in [5.74, 6) is -1.24. The molecule has 0 fully saturated rings. The lowest BCUT2D eigenvalue weighted by Crippen LogP contribution is -2.46. The van der Waals surface area contributed by atoms with E-state index in [9.17, 15) is 24.5 Å². The first-order chi connectivity index (χ1) is 16.2. The van der Waals surface area contributed by atoms with Gasteiger partial charge in [-0.3, -0.25) is 19.7 Å². The molecule has 2 N–H and O–H groups in total. The Labute approximate surface area is 199 Å². The lowest BCUT2D eigenvalue weighted by atomic mass is 10.0. The number of nitrogens with zero attached hydrogens (tertiary/aromatic N) is 1. The van der Waals surface area contributed by atoms with Crippen molar-refractivity contribution in [3.05, 3.63) is 62.7 Å². The Morgan fingerprint density at radius 2 is 1.88 bits per heavy atom. The zero-order valence-electron chi connectivity index (χ0n) is 18.3. The second-order valence-corrected chi connectivity index (χ2v) is 8.10. The standard InChI is InChI=1S/C22H22ClN3O8/c1-12(2)20(25-21(28)14-4-5-15(23)16(8-14)26(30)31)22(29)32-10-19(27)24-9-13-3-6-17-18(7-13)34-11-33-17/h3-8,12,20H,9-11H2,1-2H3,(H,24,27)(H,25,28)/t20-/m0/s1. The first-order valence-electron chi connectivity index (χ1n) is 10.2. The molecule has 1 atom stereocenters. The number of halogens is 1. The minimum absolute atomic E-state index is 0.0454. The maximum Gasteiger partial charge on any atom is 0.329 e. The number of esters is 1. The number of nitrogens with one attached hydrogen (secondary N) is 2.